The molecule has 3 rings (SSSR count). The van der Waals surface area contributed by atoms with Crippen LogP contribution >= 0.6 is 0 Å². The maximum atomic E-state index is 12.2. The first-order chi connectivity index (χ1) is 15.4. The van der Waals surface area contributed by atoms with Gasteiger partial charge in [-0.1, -0.05) is 68.0 Å². The minimum absolute atomic E-state index is 0.0253. The predicted molar refractivity (Wildman–Crippen MR) is 121 cm³/mol. The number of hydrogen-bond donors (Lipinski definition) is 3. The van der Waals surface area contributed by atoms with E-state index in [2.05, 4.69) is 34.9 Å². The van der Waals surface area contributed by atoms with Crippen LogP contribution in [0.15, 0.2) is 60.2 Å². The van der Waals surface area contributed by atoms with Crippen LogP contribution in [0.4, 0.5) is 4.79 Å². The molecule has 2 aromatic rings. The minimum atomic E-state index is -1.07. The van der Waals surface area contributed by atoms with E-state index in [0.717, 1.165) is 22.3 Å². The van der Waals surface area contributed by atoms with Crippen LogP contribution in [0.3, 0.4) is 0 Å². The molecule has 0 saturated heterocycles. The van der Waals surface area contributed by atoms with Crippen LogP contribution in [0.2, 0.25) is 0 Å². The number of carbonyl (C=O) groups excluding carboxylic acids is 2. The molecule has 0 bridgehead atoms. The summed E-state index contributed by atoms with van der Waals surface area (Å²) in [4.78, 5) is 35.5. The number of fused-ring (bicyclic) bond motifs is 3. The molecule has 0 spiro atoms. The number of nitrogens with one attached hydrogen (secondary N) is 2. The van der Waals surface area contributed by atoms with E-state index >= 15 is 0 Å². The molecule has 7 heteroatoms. The molecule has 32 heavy (non-hydrogen) atoms. The minimum Gasteiger partial charge on any atom is -0.480 e. The fraction of sp³-hybridized carbons (Fsp3) is 0.320. The molecule has 168 valence electrons. The molecule has 0 heterocycles. The van der Waals surface area contributed by atoms with Crippen molar-refractivity contribution in [3.63, 3.8) is 0 Å². The molecule has 1 atom stereocenters. The van der Waals surface area contributed by atoms with Crippen LogP contribution < -0.4 is 10.6 Å². The molecule has 1 aliphatic carbocycles. The van der Waals surface area contributed by atoms with Crippen molar-refractivity contribution >= 4 is 18.0 Å². The van der Waals surface area contributed by atoms with E-state index < -0.39 is 24.0 Å². The van der Waals surface area contributed by atoms with Crippen LogP contribution in [-0.2, 0) is 14.3 Å². The summed E-state index contributed by atoms with van der Waals surface area (Å²) in [6, 6.07) is 15.3. The Morgan fingerprint density at radius 2 is 1.66 bits per heavy atom. The van der Waals surface area contributed by atoms with Crippen LogP contribution in [0.1, 0.15) is 43.7 Å². The van der Waals surface area contributed by atoms with Gasteiger partial charge in [0.2, 0.25) is 5.91 Å². The molecule has 1 aliphatic rings. The monoisotopic (exact) mass is 436 g/mol. The zero-order chi connectivity index (χ0) is 23.1. The Morgan fingerprint density at radius 3 is 2.22 bits per heavy atom. The van der Waals surface area contributed by atoms with Crippen molar-refractivity contribution in [1.82, 2.24) is 10.6 Å². The van der Waals surface area contributed by atoms with E-state index in [1.807, 2.05) is 31.2 Å². The molecule has 0 radical (unpaired) electrons. The summed E-state index contributed by atoms with van der Waals surface area (Å²) in [5.41, 5.74) is 4.91. The van der Waals surface area contributed by atoms with E-state index in [9.17, 15) is 14.4 Å². The maximum Gasteiger partial charge on any atom is 0.407 e. The summed E-state index contributed by atoms with van der Waals surface area (Å²) in [7, 11) is 0. The van der Waals surface area contributed by atoms with Crippen molar-refractivity contribution in [2.75, 3.05) is 13.2 Å². The molecule has 0 unspecified atom stereocenters. The van der Waals surface area contributed by atoms with Crippen molar-refractivity contribution in [3.8, 4) is 11.1 Å². The maximum absolute atomic E-state index is 12.2. The Kier molecular flexibility index (Phi) is 7.65. The number of carboxylic acids is 1. The third kappa shape index (κ3) is 5.35. The van der Waals surface area contributed by atoms with Crippen molar-refractivity contribution in [3.05, 3.63) is 71.3 Å². The van der Waals surface area contributed by atoms with Gasteiger partial charge in [-0.3, -0.25) is 4.79 Å². The molecular weight excluding hydrogens is 408 g/mol. The van der Waals surface area contributed by atoms with Crippen LogP contribution in [-0.4, -0.2) is 42.3 Å². The van der Waals surface area contributed by atoms with Crippen LogP contribution in [0.25, 0.3) is 11.1 Å². The second kappa shape index (κ2) is 10.6. The molecule has 0 aromatic heterocycles. The highest BCUT2D eigenvalue weighted by molar-refractivity contribution is 5.95. The molecule has 2 aromatic carbocycles. The Morgan fingerprint density at radius 1 is 1.06 bits per heavy atom. The Bertz CT molecular complexity index is 985. The summed E-state index contributed by atoms with van der Waals surface area (Å²) >= 11 is 0. The van der Waals surface area contributed by atoms with E-state index in [0.29, 0.717) is 18.4 Å². The highest BCUT2D eigenvalue weighted by Crippen LogP contribution is 2.44. The predicted octanol–water partition coefficient (Wildman–Crippen LogP) is 3.84. The third-order valence-corrected chi connectivity index (χ3v) is 5.54. The smallest absolute Gasteiger partial charge is 0.407 e. The van der Waals surface area contributed by atoms with E-state index in [1.54, 1.807) is 6.92 Å². The summed E-state index contributed by atoms with van der Waals surface area (Å²) < 4.78 is 5.45. The first-order valence-corrected chi connectivity index (χ1v) is 10.7. The fourth-order valence-electron chi connectivity index (χ4n) is 3.85. The van der Waals surface area contributed by atoms with Gasteiger partial charge in [-0.15, -0.1) is 0 Å². The largest absolute Gasteiger partial charge is 0.480 e. The normalized spacial score (nSPS) is 13.6. The van der Waals surface area contributed by atoms with Gasteiger partial charge in [-0.25, -0.2) is 9.59 Å². The van der Waals surface area contributed by atoms with E-state index in [-0.39, 0.29) is 19.1 Å². The third-order valence-electron chi connectivity index (χ3n) is 5.54. The first-order valence-electron chi connectivity index (χ1n) is 10.7. The average Bonchev–Trinajstić information content (AvgIpc) is 3.11. The Hall–Kier alpha value is -3.61. The zero-order valence-electron chi connectivity index (χ0n) is 18.3. The van der Waals surface area contributed by atoms with E-state index in [4.69, 9.17) is 9.84 Å². The lowest BCUT2D eigenvalue weighted by Gasteiger charge is -2.15. The van der Waals surface area contributed by atoms with Gasteiger partial charge in [0, 0.05) is 18.0 Å². The van der Waals surface area contributed by atoms with Gasteiger partial charge in [0.05, 0.1) is 0 Å². The van der Waals surface area contributed by atoms with Gasteiger partial charge in [0.1, 0.15) is 12.6 Å². The van der Waals surface area contributed by atoms with Crippen molar-refractivity contribution < 1.29 is 24.2 Å². The SMILES string of the molecule is CCC[C@@H](NC(=O)/C(C)=C/CNC(=O)OCC1c2ccccc2-c2ccccc21)C(=O)O. The second-order valence-electron chi connectivity index (χ2n) is 7.75. The molecule has 2 amide bonds. The molecule has 0 saturated carbocycles. The van der Waals surface area contributed by atoms with Gasteiger partial charge in [-0.2, -0.15) is 0 Å². The molecule has 0 fully saturated rings. The topological polar surface area (TPSA) is 105 Å². The summed E-state index contributed by atoms with van der Waals surface area (Å²) in [5, 5.41) is 14.2. The summed E-state index contributed by atoms with van der Waals surface area (Å²) in [6.07, 6.45) is 1.95. The molecule has 3 N–H and O–H groups in total. The highest BCUT2D eigenvalue weighted by Gasteiger charge is 2.29. The van der Waals surface area contributed by atoms with Crippen LogP contribution in [0.5, 0.6) is 0 Å². The lowest BCUT2D eigenvalue weighted by Crippen LogP contribution is -2.41. The Balaban J connectivity index is 1.52. The lowest BCUT2D eigenvalue weighted by molar-refractivity contribution is -0.141. The standard InChI is InChI=1S/C25H28N2O5/c1-3-8-22(24(29)30)27-23(28)16(2)13-14-26-25(31)32-15-21-19-11-6-4-9-17(19)18-10-5-7-12-20(18)21/h4-7,9-13,21-22H,3,8,14-15H2,1-2H3,(H,26,31)(H,27,28)(H,29,30)/b16-13+/t22-/m1/s1. The number of amides is 2. The quantitative estimate of drug-likeness (QED) is 0.518. The second-order valence-corrected chi connectivity index (χ2v) is 7.75. The van der Waals surface area contributed by atoms with Gasteiger partial charge >= 0.3 is 12.1 Å². The highest BCUT2D eigenvalue weighted by atomic mass is 16.5. The number of carbonyl (C=O) groups is 3. The number of hydrogen-bond acceptors (Lipinski definition) is 4. The average molecular weight is 437 g/mol. The number of benzene rings is 2. The summed E-state index contributed by atoms with van der Waals surface area (Å²) in [5.74, 6) is -1.56. The number of carboxylic acid groups (broad SMARTS) is 1. The fourth-order valence-corrected chi connectivity index (χ4v) is 3.85. The number of alkyl carbamates (subject to hydrolysis) is 1. The number of ether oxygens (including phenoxy) is 1. The van der Waals surface area contributed by atoms with Crippen molar-refractivity contribution in [2.45, 2.75) is 38.6 Å². The van der Waals surface area contributed by atoms with Gasteiger partial charge in [-0.05, 0) is 35.6 Å². The van der Waals surface area contributed by atoms with Gasteiger partial charge < -0.3 is 20.5 Å². The molecular formula is C25H28N2O5. The van der Waals surface area contributed by atoms with Crippen molar-refractivity contribution in [1.29, 1.82) is 0 Å². The van der Waals surface area contributed by atoms with Crippen LogP contribution in [0, 0.1) is 0 Å². The van der Waals surface area contributed by atoms with E-state index in [1.165, 1.54) is 6.08 Å². The molecule has 7 nitrogen and oxygen atoms in total. The lowest BCUT2D eigenvalue weighted by atomic mass is 9.98. The van der Waals surface area contributed by atoms with Gasteiger partial charge in [0.25, 0.3) is 0 Å². The number of rotatable bonds is 9. The molecule has 0 aliphatic heterocycles. The van der Waals surface area contributed by atoms with Crippen molar-refractivity contribution in [2.24, 2.45) is 0 Å². The zero-order valence-corrected chi connectivity index (χ0v) is 18.3. The summed E-state index contributed by atoms with van der Waals surface area (Å²) in [6.45, 7) is 3.73. The first kappa shape index (κ1) is 23.1. The van der Waals surface area contributed by atoms with Gasteiger partial charge in [0.15, 0.2) is 0 Å². The number of aliphatic carboxylic acids is 1. The Labute approximate surface area is 187 Å².